The smallest absolute Gasteiger partial charge is 0.160 e. The van der Waals surface area contributed by atoms with Crippen LogP contribution in [0.15, 0.2) is 53.5 Å². The van der Waals surface area contributed by atoms with Crippen molar-refractivity contribution in [1.29, 1.82) is 0 Å². The number of benzene rings is 1. The molecule has 0 amide bonds. The molecule has 4 nitrogen and oxygen atoms in total. The van der Waals surface area contributed by atoms with E-state index in [1.54, 1.807) is 23.6 Å². The fourth-order valence-electron chi connectivity index (χ4n) is 2.44. The molecule has 3 aromatic heterocycles. The van der Waals surface area contributed by atoms with E-state index >= 15 is 0 Å². The molecule has 0 bridgehead atoms. The van der Waals surface area contributed by atoms with E-state index in [9.17, 15) is 0 Å². The van der Waals surface area contributed by atoms with Crippen LogP contribution < -0.4 is 0 Å². The summed E-state index contributed by atoms with van der Waals surface area (Å²) in [5, 5.41) is 2.51. The molecule has 0 N–H and O–H groups in total. The zero-order valence-corrected chi connectivity index (χ0v) is 13.1. The molecule has 108 valence electrons. The van der Waals surface area contributed by atoms with Crippen molar-refractivity contribution in [3.63, 3.8) is 0 Å². The lowest BCUT2D eigenvalue weighted by molar-refractivity contribution is 0.826. The van der Waals surface area contributed by atoms with Crippen LogP contribution in [0, 0.1) is 0 Å². The number of fused-ring (bicyclic) bond motifs is 1. The van der Waals surface area contributed by atoms with Crippen LogP contribution in [0.2, 0.25) is 5.15 Å². The minimum absolute atomic E-state index is 0.499. The lowest BCUT2D eigenvalue weighted by Crippen LogP contribution is -2.02. The van der Waals surface area contributed by atoms with Crippen molar-refractivity contribution in [2.24, 2.45) is 0 Å². The van der Waals surface area contributed by atoms with Gasteiger partial charge >= 0.3 is 0 Å². The maximum absolute atomic E-state index is 5.86. The Morgan fingerprint density at radius 3 is 2.77 bits per heavy atom. The summed E-state index contributed by atoms with van der Waals surface area (Å²) in [7, 11) is 0. The van der Waals surface area contributed by atoms with Gasteiger partial charge in [-0.1, -0.05) is 29.8 Å². The van der Waals surface area contributed by atoms with Gasteiger partial charge in [-0.3, -0.25) is 0 Å². The van der Waals surface area contributed by atoms with E-state index in [1.165, 1.54) is 0 Å². The number of para-hydroxylation sites is 2. The second-order valence-corrected chi connectivity index (χ2v) is 5.98. The molecule has 0 spiro atoms. The van der Waals surface area contributed by atoms with E-state index in [1.807, 2.05) is 35.2 Å². The van der Waals surface area contributed by atoms with Gasteiger partial charge in [0, 0.05) is 11.6 Å². The Hall–Kier alpha value is -2.24. The first-order chi connectivity index (χ1) is 10.8. The first-order valence-electron chi connectivity index (χ1n) is 6.75. The van der Waals surface area contributed by atoms with Gasteiger partial charge in [-0.25, -0.2) is 15.0 Å². The highest BCUT2D eigenvalue weighted by Gasteiger charge is 2.14. The first kappa shape index (κ1) is 13.4. The van der Waals surface area contributed by atoms with E-state index in [-0.39, 0.29) is 0 Å². The number of thiazole rings is 1. The molecule has 0 radical (unpaired) electrons. The van der Waals surface area contributed by atoms with E-state index in [4.69, 9.17) is 16.6 Å². The molecule has 22 heavy (non-hydrogen) atoms. The van der Waals surface area contributed by atoms with Crippen LogP contribution >= 0.6 is 22.9 Å². The molecule has 4 rings (SSSR count). The van der Waals surface area contributed by atoms with E-state index in [2.05, 4.69) is 20.6 Å². The third kappa shape index (κ3) is 2.38. The maximum atomic E-state index is 5.86. The third-order valence-corrected chi connectivity index (χ3v) is 4.26. The number of hydrogen-bond acceptors (Lipinski definition) is 4. The average molecular weight is 327 g/mol. The second kappa shape index (κ2) is 5.51. The number of rotatable bonds is 3. The van der Waals surface area contributed by atoms with Gasteiger partial charge in [-0.15, -0.1) is 11.3 Å². The Morgan fingerprint density at radius 2 is 2.00 bits per heavy atom. The Morgan fingerprint density at radius 1 is 1.09 bits per heavy atom. The summed E-state index contributed by atoms with van der Waals surface area (Å²) in [6.45, 7) is 0.678. The lowest BCUT2D eigenvalue weighted by atomic mass is 10.2. The molecule has 0 aliphatic rings. The van der Waals surface area contributed by atoms with E-state index in [0.29, 0.717) is 11.7 Å². The molecule has 0 atom stereocenters. The minimum Gasteiger partial charge on any atom is -0.318 e. The summed E-state index contributed by atoms with van der Waals surface area (Å²) in [4.78, 5) is 13.3. The third-order valence-electron chi connectivity index (χ3n) is 3.45. The normalized spacial score (nSPS) is 11.1. The molecule has 6 heteroatoms. The van der Waals surface area contributed by atoms with Crippen molar-refractivity contribution in [2.75, 3.05) is 0 Å². The highest BCUT2D eigenvalue weighted by atomic mass is 35.5. The predicted octanol–water partition coefficient (Wildman–Crippen LogP) is 4.26. The summed E-state index contributed by atoms with van der Waals surface area (Å²) in [6.07, 6.45) is 1.79. The maximum Gasteiger partial charge on any atom is 0.160 e. The van der Waals surface area contributed by atoms with Crippen molar-refractivity contribution in [2.45, 2.75) is 6.54 Å². The van der Waals surface area contributed by atoms with Crippen LogP contribution in [0.25, 0.3) is 22.6 Å². The molecule has 0 aliphatic carbocycles. The van der Waals surface area contributed by atoms with Crippen LogP contribution in [-0.2, 0) is 6.54 Å². The molecule has 3 heterocycles. The molecule has 0 saturated carbocycles. The van der Waals surface area contributed by atoms with Crippen LogP contribution in [-0.4, -0.2) is 19.5 Å². The van der Waals surface area contributed by atoms with Crippen LogP contribution in [0.1, 0.15) is 5.56 Å². The summed E-state index contributed by atoms with van der Waals surface area (Å²) in [6, 6.07) is 11.9. The first-order valence-corrected chi connectivity index (χ1v) is 8.07. The molecule has 4 aromatic rings. The van der Waals surface area contributed by atoms with Crippen molar-refractivity contribution in [3.8, 4) is 11.5 Å². The monoisotopic (exact) mass is 326 g/mol. The minimum atomic E-state index is 0.499. The zero-order chi connectivity index (χ0) is 14.9. The van der Waals surface area contributed by atoms with E-state index < -0.39 is 0 Å². The molecule has 1 aromatic carbocycles. The Bertz CT molecular complexity index is 913. The number of pyridine rings is 1. The quantitative estimate of drug-likeness (QED) is 0.528. The Balaban J connectivity index is 1.87. The molecular formula is C16H11ClN4S. The van der Waals surface area contributed by atoms with Gasteiger partial charge in [0.15, 0.2) is 5.82 Å². The fraction of sp³-hybridized carbons (Fsp3) is 0.0625. The van der Waals surface area contributed by atoms with Gasteiger partial charge in [0.1, 0.15) is 10.8 Å². The van der Waals surface area contributed by atoms with Gasteiger partial charge in [-0.2, -0.15) is 0 Å². The predicted molar refractivity (Wildman–Crippen MR) is 89.2 cm³/mol. The van der Waals surface area contributed by atoms with Crippen LogP contribution in [0.3, 0.4) is 0 Å². The molecule has 0 aliphatic heterocycles. The number of aromatic nitrogens is 4. The SMILES string of the molecule is Clc1ccc(Cn2c(-c3cscn3)nc3ccccc32)cn1. The Labute approximate surface area is 136 Å². The average Bonchev–Trinajstić information content (AvgIpc) is 3.18. The second-order valence-electron chi connectivity index (χ2n) is 4.87. The van der Waals surface area contributed by atoms with Crippen LogP contribution in [0.5, 0.6) is 0 Å². The fourth-order valence-corrected chi connectivity index (χ4v) is 3.08. The molecule has 0 unspecified atom stereocenters. The number of nitrogens with zero attached hydrogens (tertiary/aromatic N) is 4. The zero-order valence-electron chi connectivity index (χ0n) is 11.5. The molecule has 0 saturated heterocycles. The van der Waals surface area contributed by atoms with Gasteiger partial charge in [0.25, 0.3) is 0 Å². The number of halogens is 1. The lowest BCUT2D eigenvalue weighted by Gasteiger charge is -2.08. The van der Waals surface area contributed by atoms with Crippen LogP contribution in [0.4, 0.5) is 0 Å². The Kier molecular flexibility index (Phi) is 3.36. The molecular weight excluding hydrogens is 316 g/mol. The van der Waals surface area contributed by atoms with Gasteiger partial charge in [-0.05, 0) is 23.8 Å². The largest absolute Gasteiger partial charge is 0.318 e. The van der Waals surface area contributed by atoms with Crippen molar-refractivity contribution < 1.29 is 0 Å². The summed E-state index contributed by atoms with van der Waals surface area (Å²) >= 11 is 7.43. The molecule has 0 fully saturated rings. The van der Waals surface area contributed by atoms with E-state index in [0.717, 1.165) is 28.1 Å². The summed E-state index contributed by atoms with van der Waals surface area (Å²) in [5.41, 5.74) is 5.84. The number of imidazole rings is 1. The summed E-state index contributed by atoms with van der Waals surface area (Å²) in [5.74, 6) is 0.873. The van der Waals surface area contributed by atoms with Gasteiger partial charge in [0.2, 0.25) is 0 Å². The number of hydrogen-bond donors (Lipinski definition) is 0. The van der Waals surface area contributed by atoms with Crippen molar-refractivity contribution in [1.82, 2.24) is 19.5 Å². The van der Waals surface area contributed by atoms with Crippen molar-refractivity contribution in [3.05, 3.63) is 64.2 Å². The topological polar surface area (TPSA) is 43.6 Å². The standard InChI is InChI=1S/C16H11ClN4S/c17-15-6-5-11(7-18-15)8-21-14-4-2-1-3-12(14)20-16(21)13-9-22-10-19-13/h1-7,9-10H,8H2. The van der Waals surface area contributed by atoms with Gasteiger partial charge < -0.3 is 4.57 Å². The highest BCUT2D eigenvalue weighted by Crippen LogP contribution is 2.25. The van der Waals surface area contributed by atoms with Crippen molar-refractivity contribution >= 4 is 34.0 Å². The summed E-state index contributed by atoms with van der Waals surface area (Å²) < 4.78 is 2.16. The highest BCUT2D eigenvalue weighted by molar-refractivity contribution is 7.07. The van der Waals surface area contributed by atoms with Gasteiger partial charge in [0.05, 0.1) is 23.1 Å².